The first kappa shape index (κ1) is 19.9. The topological polar surface area (TPSA) is 66.6 Å². The van der Waals surface area contributed by atoms with Crippen LogP contribution in [0, 0.1) is 0 Å². The molecule has 7 nitrogen and oxygen atoms in total. The number of hydrogen-bond acceptors (Lipinski definition) is 6. The van der Waals surface area contributed by atoms with Crippen molar-refractivity contribution in [3.8, 4) is 11.4 Å². The van der Waals surface area contributed by atoms with Gasteiger partial charge in [0.05, 0.1) is 10.4 Å². The lowest BCUT2D eigenvalue weighted by molar-refractivity contribution is 0.0772. The Balaban J connectivity index is 1.43. The van der Waals surface area contributed by atoms with E-state index >= 15 is 0 Å². The van der Waals surface area contributed by atoms with Gasteiger partial charge in [-0.15, -0.1) is 21.5 Å². The molecule has 0 atom stereocenters. The van der Waals surface area contributed by atoms with Crippen molar-refractivity contribution in [1.29, 1.82) is 0 Å². The molecule has 0 spiro atoms. The van der Waals surface area contributed by atoms with Crippen LogP contribution in [0.15, 0.2) is 72.1 Å². The van der Waals surface area contributed by atoms with Gasteiger partial charge in [-0.25, -0.2) is 9.38 Å². The molecular weight excluding hydrogens is 432 g/mol. The number of fused-ring (bicyclic) bond motifs is 3. The molecule has 2 aromatic carbocycles. The Hall–Kier alpha value is -3.78. The van der Waals surface area contributed by atoms with E-state index in [0.29, 0.717) is 13.1 Å². The highest BCUT2D eigenvalue weighted by molar-refractivity contribution is 7.12. The lowest BCUT2D eigenvalue weighted by Crippen LogP contribution is -2.35. The average Bonchev–Trinajstić information content (AvgIpc) is 3.50. The number of amides is 1. The highest BCUT2D eigenvalue weighted by atomic mass is 32.1. The summed E-state index contributed by atoms with van der Waals surface area (Å²) in [6.45, 7) is 2.89. The quantitative estimate of drug-likeness (QED) is 0.405. The third kappa shape index (κ3) is 3.52. The van der Waals surface area contributed by atoms with Crippen LogP contribution < -0.4 is 4.90 Å². The number of hydrogen-bond donors (Lipinski definition) is 0. The number of anilines is 1. The van der Waals surface area contributed by atoms with Crippen LogP contribution in [0.1, 0.15) is 16.1 Å². The molecule has 4 heterocycles. The van der Waals surface area contributed by atoms with E-state index in [1.54, 1.807) is 0 Å². The monoisotopic (exact) mass is 454 g/mol. The largest absolute Gasteiger partial charge is 0.340 e. The summed E-state index contributed by atoms with van der Waals surface area (Å²) in [6, 6.07) is 22.0. The molecular formula is C25H22N6OS. The van der Waals surface area contributed by atoms with Crippen molar-refractivity contribution < 1.29 is 4.79 Å². The minimum absolute atomic E-state index is 0.109. The summed E-state index contributed by atoms with van der Waals surface area (Å²) in [6.07, 6.45) is 0.871. The molecule has 1 saturated heterocycles. The van der Waals surface area contributed by atoms with Crippen molar-refractivity contribution in [2.75, 3.05) is 31.1 Å². The zero-order valence-electron chi connectivity index (χ0n) is 18.0. The van der Waals surface area contributed by atoms with Gasteiger partial charge in [0.1, 0.15) is 0 Å². The molecule has 0 saturated carbocycles. The van der Waals surface area contributed by atoms with Gasteiger partial charge in [-0.2, -0.15) is 0 Å². The van der Waals surface area contributed by atoms with Gasteiger partial charge in [0.15, 0.2) is 11.5 Å². The Labute approximate surface area is 194 Å². The maximum atomic E-state index is 12.9. The molecule has 3 aromatic heterocycles. The molecule has 164 valence electrons. The molecule has 0 radical (unpaired) electrons. The van der Waals surface area contributed by atoms with Gasteiger partial charge < -0.3 is 9.80 Å². The smallest absolute Gasteiger partial charge is 0.263 e. The number of para-hydroxylation sites is 1. The van der Waals surface area contributed by atoms with Crippen LogP contribution >= 0.6 is 11.3 Å². The number of thiophene rings is 1. The first-order valence-corrected chi connectivity index (χ1v) is 11.9. The summed E-state index contributed by atoms with van der Waals surface area (Å²) in [5.74, 6) is 1.70. The molecule has 8 heteroatoms. The van der Waals surface area contributed by atoms with Gasteiger partial charge >= 0.3 is 0 Å². The fourth-order valence-corrected chi connectivity index (χ4v) is 5.12. The Morgan fingerprint density at radius 2 is 1.70 bits per heavy atom. The van der Waals surface area contributed by atoms with Crippen molar-refractivity contribution in [3.05, 3.63) is 77.0 Å². The molecule has 33 heavy (non-hydrogen) atoms. The molecule has 0 N–H and O–H groups in total. The van der Waals surface area contributed by atoms with Crippen LogP contribution in [0.3, 0.4) is 0 Å². The van der Waals surface area contributed by atoms with Crippen molar-refractivity contribution in [3.63, 3.8) is 0 Å². The summed E-state index contributed by atoms with van der Waals surface area (Å²) >= 11 is 1.49. The highest BCUT2D eigenvalue weighted by Gasteiger charge is 2.25. The van der Waals surface area contributed by atoms with Crippen LogP contribution in [-0.2, 0) is 0 Å². The summed E-state index contributed by atoms with van der Waals surface area (Å²) in [5.41, 5.74) is 2.68. The van der Waals surface area contributed by atoms with Gasteiger partial charge in [-0.05, 0) is 30.0 Å². The number of rotatable bonds is 3. The van der Waals surface area contributed by atoms with Gasteiger partial charge in [-0.3, -0.25) is 4.79 Å². The maximum Gasteiger partial charge on any atom is 0.263 e. The fourth-order valence-electron chi connectivity index (χ4n) is 4.43. The molecule has 6 rings (SSSR count). The number of nitrogens with zero attached hydrogens (tertiary/aromatic N) is 6. The van der Waals surface area contributed by atoms with Crippen LogP contribution in [-0.4, -0.2) is 56.6 Å². The van der Waals surface area contributed by atoms with Crippen LogP contribution in [0.25, 0.3) is 27.9 Å². The van der Waals surface area contributed by atoms with E-state index in [4.69, 9.17) is 4.98 Å². The van der Waals surface area contributed by atoms with E-state index in [0.717, 1.165) is 58.3 Å². The molecule has 0 aliphatic carbocycles. The molecule has 1 fully saturated rings. The third-order valence-electron chi connectivity index (χ3n) is 6.06. The minimum Gasteiger partial charge on any atom is -0.340 e. The Kier molecular flexibility index (Phi) is 4.99. The second-order valence-electron chi connectivity index (χ2n) is 8.09. The Bertz CT molecular complexity index is 1430. The number of benzene rings is 2. The van der Waals surface area contributed by atoms with E-state index < -0.39 is 0 Å². The van der Waals surface area contributed by atoms with Crippen molar-refractivity contribution in [2.45, 2.75) is 6.42 Å². The normalized spacial score (nSPS) is 14.7. The van der Waals surface area contributed by atoms with Gasteiger partial charge in [0, 0.05) is 37.1 Å². The maximum absolute atomic E-state index is 12.9. The van der Waals surface area contributed by atoms with E-state index in [-0.39, 0.29) is 5.91 Å². The zero-order chi connectivity index (χ0) is 22.2. The molecule has 5 aromatic rings. The van der Waals surface area contributed by atoms with Gasteiger partial charge in [-0.1, -0.05) is 48.5 Å². The Morgan fingerprint density at radius 1 is 0.848 bits per heavy atom. The second-order valence-corrected chi connectivity index (χ2v) is 9.04. The first-order chi connectivity index (χ1) is 16.3. The standard InChI is InChI=1S/C25H22N6OS/c32-24(21-12-6-17-33-21)29-13-7-14-30(16-15-29)25-26-20-11-5-4-10-19(20)23-28-27-22(31(23)25)18-8-2-1-3-9-18/h1-6,8-12,17H,7,13-16H2. The average molecular weight is 455 g/mol. The number of carbonyl (C=O) groups is 1. The predicted octanol–water partition coefficient (Wildman–Crippen LogP) is 4.36. The number of aromatic nitrogens is 4. The molecule has 0 unspecified atom stereocenters. The third-order valence-corrected chi connectivity index (χ3v) is 6.92. The molecule has 1 aliphatic rings. The van der Waals surface area contributed by atoms with Gasteiger partial charge in [0.25, 0.3) is 5.91 Å². The molecule has 1 aliphatic heterocycles. The predicted molar refractivity (Wildman–Crippen MR) is 131 cm³/mol. The Morgan fingerprint density at radius 3 is 2.55 bits per heavy atom. The van der Waals surface area contributed by atoms with Crippen LogP contribution in [0.5, 0.6) is 0 Å². The summed E-state index contributed by atoms with van der Waals surface area (Å²) < 4.78 is 2.06. The van der Waals surface area contributed by atoms with E-state index in [9.17, 15) is 4.79 Å². The SMILES string of the molecule is O=C(c1cccs1)N1CCCN(c2nc3ccccc3c3nnc(-c4ccccc4)n23)CC1. The van der Waals surface area contributed by atoms with E-state index in [1.165, 1.54) is 11.3 Å². The molecule has 1 amide bonds. The van der Waals surface area contributed by atoms with Crippen LogP contribution in [0.2, 0.25) is 0 Å². The van der Waals surface area contributed by atoms with E-state index in [1.807, 2.05) is 77.0 Å². The second kappa shape index (κ2) is 8.29. The minimum atomic E-state index is 0.109. The van der Waals surface area contributed by atoms with Crippen molar-refractivity contribution in [1.82, 2.24) is 24.5 Å². The fraction of sp³-hybridized carbons (Fsp3) is 0.200. The van der Waals surface area contributed by atoms with Crippen molar-refractivity contribution >= 4 is 39.7 Å². The highest BCUT2D eigenvalue weighted by Crippen LogP contribution is 2.29. The van der Waals surface area contributed by atoms with Crippen molar-refractivity contribution in [2.24, 2.45) is 0 Å². The lowest BCUT2D eigenvalue weighted by Gasteiger charge is -2.24. The number of carbonyl (C=O) groups excluding carboxylic acids is 1. The van der Waals surface area contributed by atoms with Crippen LogP contribution in [0.4, 0.5) is 5.95 Å². The zero-order valence-corrected chi connectivity index (χ0v) is 18.8. The first-order valence-electron chi connectivity index (χ1n) is 11.1. The molecule has 0 bridgehead atoms. The summed E-state index contributed by atoms with van der Waals surface area (Å²) in [4.78, 5) is 23.0. The lowest BCUT2D eigenvalue weighted by atomic mass is 10.2. The van der Waals surface area contributed by atoms with E-state index in [2.05, 4.69) is 19.5 Å². The summed E-state index contributed by atoms with van der Waals surface area (Å²) in [5, 5.41) is 12.0. The van der Waals surface area contributed by atoms with Gasteiger partial charge in [0.2, 0.25) is 5.95 Å². The summed E-state index contributed by atoms with van der Waals surface area (Å²) in [7, 11) is 0.